The number of aryl methyl sites for hydroxylation is 1. The fraction of sp³-hybridized carbons (Fsp3) is 0.200. The van der Waals surface area contributed by atoms with E-state index in [0.29, 0.717) is 17.8 Å². The monoisotopic (exact) mass is 335 g/mol. The first-order valence-corrected chi connectivity index (χ1v) is 8.38. The lowest BCUT2D eigenvalue weighted by molar-refractivity contribution is 0.584. The van der Waals surface area contributed by atoms with Crippen LogP contribution in [0.3, 0.4) is 0 Å². The molecule has 0 N–H and O–H groups in total. The summed E-state index contributed by atoms with van der Waals surface area (Å²) in [4.78, 5) is 9.01. The van der Waals surface area contributed by atoms with Gasteiger partial charge in [0.25, 0.3) is 0 Å². The van der Waals surface area contributed by atoms with Gasteiger partial charge in [-0.05, 0) is 35.7 Å². The molecule has 2 aliphatic rings. The lowest BCUT2D eigenvalue weighted by Crippen LogP contribution is -1.98. The second-order valence-electron chi connectivity index (χ2n) is 6.52. The van der Waals surface area contributed by atoms with Crippen LogP contribution in [-0.4, -0.2) is 15.8 Å². The van der Waals surface area contributed by atoms with E-state index in [9.17, 15) is 8.78 Å². The molecule has 3 nitrogen and oxygen atoms in total. The smallest absolute Gasteiger partial charge is 0.126 e. The Bertz CT molecular complexity index is 1010. The van der Waals surface area contributed by atoms with Crippen LogP contribution >= 0.6 is 0 Å². The number of fused-ring (bicyclic) bond motifs is 2. The van der Waals surface area contributed by atoms with E-state index in [1.165, 1.54) is 17.7 Å². The molecular weight excluding hydrogens is 320 g/mol. The van der Waals surface area contributed by atoms with Crippen molar-refractivity contribution in [1.29, 1.82) is 0 Å². The van der Waals surface area contributed by atoms with Crippen LogP contribution in [0.25, 0.3) is 22.5 Å². The molecule has 0 saturated carbocycles. The molecule has 3 aromatic rings. The minimum Gasteiger partial charge on any atom is -0.327 e. The molecule has 25 heavy (non-hydrogen) atoms. The van der Waals surface area contributed by atoms with Gasteiger partial charge in [0, 0.05) is 36.4 Å². The molecule has 0 unspecified atom stereocenters. The van der Waals surface area contributed by atoms with Gasteiger partial charge in [-0.25, -0.2) is 13.8 Å². The summed E-state index contributed by atoms with van der Waals surface area (Å²) in [6.45, 7) is 1.59. The van der Waals surface area contributed by atoms with Gasteiger partial charge >= 0.3 is 0 Å². The molecule has 5 heteroatoms. The van der Waals surface area contributed by atoms with Crippen LogP contribution in [0, 0.1) is 11.6 Å². The summed E-state index contributed by atoms with van der Waals surface area (Å²) in [6, 6.07) is 9.79. The third kappa shape index (κ3) is 2.30. The quantitative estimate of drug-likeness (QED) is 0.684. The maximum atomic E-state index is 13.7. The van der Waals surface area contributed by atoms with Gasteiger partial charge in [0.05, 0.1) is 17.9 Å². The Labute approximate surface area is 143 Å². The van der Waals surface area contributed by atoms with Gasteiger partial charge < -0.3 is 4.57 Å². The van der Waals surface area contributed by atoms with E-state index in [4.69, 9.17) is 4.98 Å². The third-order valence-electron chi connectivity index (χ3n) is 4.88. The standard InChI is InChI=1S/C20H15F2N3/c21-16-7-14(8-17(22)9-16)19-20(25-5-1-2-18(25)24-19)12-3-4-13-10-23-11-15(13)6-12/h3-4,6-9,11H,1-2,5,10H2. The Morgan fingerprint density at radius 3 is 2.64 bits per heavy atom. The van der Waals surface area contributed by atoms with E-state index in [0.717, 1.165) is 48.1 Å². The van der Waals surface area contributed by atoms with E-state index in [1.54, 1.807) is 0 Å². The molecule has 3 heterocycles. The zero-order valence-electron chi connectivity index (χ0n) is 13.5. The lowest BCUT2D eigenvalue weighted by Gasteiger charge is -2.10. The molecule has 0 spiro atoms. The Hall–Kier alpha value is -2.82. The van der Waals surface area contributed by atoms with Crippen molar-refractivity contribution in [3.8, 4) is 22.5 Å². The number of hydrogen-bond donors (Lipinski definition) is 0. The molecule has 0 fully saturated rings. The molecule has 0 radical (unpaired) electrons. The topological polar surface area (TPSA) is 30.2 Å². The van der Waals surface area contributed by atoms with Gasteiger partial charge in [0.15, 0.2) is 0 Å². The summed E-state index contributed by atoms with van der Waals surface area (Å²) in [7, 11) is 0. The largest absolute Gasteiger partial charge is 0.327 e. The van der Waals surface area contributed by atoms with Crippen LogP contribution in [0.1, 0.15) is 23.4 Å². The van der Waals surface area contributed by atoms with Crippen molar-refractivity contribution in [1.82, 2.24) is 9.55 Å². The first-order chi connectivity index (χ1) is 12.2. The Kier molecular flexibility index (Phi) is 3.10. The minimum absolute atomic E-state index is 0.476. The summed E-state index contributed by atoms with van der Waals surface area (Å²) in [5, 5.41) is 0. The van der Waals surface area contributed by atoms with Crippen molar-refractivity contribution in [2.24, 2.45) is 4.99 Å². The SMILES string of the molecule is Fc1cc(F)cc(-c2nc3n(c2-c2ccc4c(c2)C=NC4)CCC3)c1. The van der Waals surface area contributed by atoms with Crippen molar-refractivity contribution < 1.29 is 8.78 Å². The number of benzene rings is 2. The highest BCUT2D eigenvalue weighted by Gasteiger charge is 2.24. The molecule has 5 rings (SSSR count). The van der Waals surface area contributed by atoms with Gasteiger partial charge in [0.1, 0.15) is 17.5 Å². The predicted molar refractivity (Wildman–Crippen MR) is 92.6 cm³/mol. The van der Waals surface area contributed by atoms with Crippen LogP contribution in [0.5, 0.6) is 0 Å². The number of halogens is 2. The first-order valence-electron chi connectivity index (χ1n) is 8.38. The molecule has 1 aromatic heterocycles. The number of hydrogen-bond acceptors (Lipinski definition) is 2. The van der Waals surface area contributed by atoms with Crippen LogP contribution < -0.4 is 0 Å². The summed E-state index contributed by atoms with van der Waals surface area (Å²) in [5.41, 5.74) is 5.35. The number of nitrogens with zero attached hydrogens (tertiary/aromatic N) is 3. The van der Waals surface area contributed by atoms with E-state index in [1.807, 2.05) is 6.21 Å². The molecule has 0 aliphatic carbocycles. The van der Waals surface area contributed by atoms with Crippen molar-refractivity contribution in [3.63, 3.8) is 0 Å². The van der Waals surface area contributed by atoms with E-state index in [-0.39, 0.29) is 0 Å². The van der Waals surface area contributed by atoms with Crippen molar-refractivity contribution in [2.45, 2.75) is 25.9 Å². The molecule has 2 aromatic carbocycles. The normalized spacial score (nSPS) is 14.8. The summed E-state index contributed by atoms with van der Waals surface area (Å²) in [6.07, 6.45) is 3.80. The highest BCUT2D eigenvalue weighted by atomic mass is 19.1. The fourth-order valence-electron chi connectivity index (χ4n) is 3.76. The molecule has 124 valence electrons. The van der Waals surface area contributed by atoms with Crippen LogP contribution in [0.4, 0.5) is 8.78 Å². The van der Waals surface area contributed by atoms with E-state index >= 15 is 0 Å². The molecule has 0 bridgehead atoms. The van der Waals surface area contributed by atoms with Crippen LogP contribution in [-0.2, 0) is 19.5 Å². The Balaban J connectivity index is 1.74. The zero-order valence-corrected chi connectivity index (χ0v) is 13.5. The van der Waals surface area contributed by atoms with Gasteiger partial charge in [-0.2, -0.15) is 0 Å². The molecular formula is C20H15F2N3. The van der Waals surface area contributed by atoms with Gasteiger partial charge in [-0.1, -0.05) is 12.1 Å². The van der Waals surface area contributed by atoms with E-state index < -0.39 is 11.6 Å². The van der Waals surface area contributed by atoms with Crippen molar-refractivity contribution in [3.05, 3.63) is 65.0 Å². The van der Waals surface area contributed by atoms with Gasteiger partial charge in [-0.3, -0.25) is 4.99 Å². The van der Waals surface area contributed by atoms with Crippen LogP contribution in [0.15, 0.2) is 41.4 Å². The third-order valence-corrected chi connectivity index (χ3v) is 4.88. The molecule has 0 atom stereocenters. The van der Waals surface area contributed by atoms with Crippen molar-refractivity contribution in [2.75, 3.05) is 0 Å². The van der Waals surface area contributed by atoms with Gasteiger partial charge in [-0.15, -0.1) is 0 Å². The van der Waals surface area contributed by atoms with E-state index in [2.05, 4.69) is 27.8 Å². The average molecular weight is 335 g/mol. The highest BCUT2D eigenvalue weighted by molar-refractivity contribution is 5.88. The number of aromatic nitrogens is 2. The average Bonchev–Trinajstić information content (AvgIpc) is 3.28. The second-order valence-corrected chi connectivity index (χ2v) is 6.52. The fourth-order valence-corrected chi connectivity index (χ4v) is 3.76. The minimum atomic E-state index is -0.588. The van der Waals surface area contributed by atoms with Crippen LogP contribution in [0.2, 0.25) is 0 Å². The summed E-state index contributed by atoms with van der Waals surface area (Å²) in [5.74, 6) is -0.200. The zero-order chi connectivity index (χ0) is 17.0. The maximum Gasteiger partial charge on any atom is 0.126 e. The van der Waals surface area contributed by atoms with Crippen molar-refractivity contribution >= 4 is 6.21 Å². The predicted octanol–water partition coefficient (Wildman–Crippen LogP) is 4.37. The molecule has 0 amide bonds. The molecule has 0 saturated heterocycles. The maximum absolute atomic E-state index is 13.7. The molecule has 2 aliphatic heterocycles. The highest BCUT2D eigenvalue weighted by Crippen LogP contribution is 2.37. The first kappa shape index (κ1) is 14.5. The summed E-state index contributed by atoms with van der Waals surface area (Å²) < 4.78 is 29.7. The second kappa shape index (κ2) is 5.34. The Morgan fingerprint density at radius 2 is 1.80 bits per heavy atom. The van der Waals surface area contributed by atoms with Gasteiger partial charge in [0.2, 0.25) is 0 Å². The number of rotatable bonds is 2. The number of aliphatic imine (C=N–C) groups is 1. The Morgan fingerprint density at radius 1 is 0.960 bits per heavy atom. The number of imidazole rings is 1. The lowest BCUT2D eigenvalue weighted by atomic mass is 10.0. The summed E-state index contributed by atoms with van der Waals surface area (Å²) >= 11 is 0.